The van der Waals surface area contributed by atoms with Gasteiger partial charge in [0.2, 0.25) is 0 Å². The number of thiophene rings is 2. The molecular formula is C21H15BrN4O3S3. The van der Waals surface area contributed by atoms with Gasteiger partial charge in [0, 0.05) is 15.2 Å². The van der Waals surface area contributed by atoms with E-state index in [0.717, 1.165) is 26.3 Å². The second-order valence-corrected chi connectivity index (χ2v) is 10.1. The fourth-order valence-corrected chi connectivity index (χ4v) is 5.25. The number of rotatable bonds is 6. The van der Waals surface area contributed by atoms with E-state index in [0.29, 0.717) is 26.8 Å². The molecule has 0 aliphatic heterocycles. The predicted molar refractivity (Wildman–Crippen MR) is 133 cm³/mol. The Hall–Kier alpha value is -2.86. The molecule has 3 N–H and O–H groups in total. The van der Waals surface area contributed by atoms with Gasteiger partial charge in [0.25, 0.3) is 11.8 Å². The number of halogens is 1. The molecular weight excluding hydrogens is 532 g/mol. The first-order chi connectivity index (χ1) is 15.4. The van der Waals surface area contributed by atoms with Crippen LogP contribution in [0.4, 0.5) is 5.82 Å². The third-order valence-electron chi connectivity index (χ3n) is 4.31. The fraction of sp³-hybridized carbons (Fsp3) is 0.0476. The van der Waals surface area contributed by atoms with Crippen LogP contribution in [-0.2, 0) is 0 Å². The smallest absolute Gasteiger partial charge is 0.281 e. The van der Waals surface area contributed by atoms with E-state index >= 15 is 0 Å². The molecule has 3 aromatic heterocycles. The second-order valence-electron chi connectivity index (χ2n) is 6.46. The number of nitrogens with zero attached hydrogens (tertiary/aromatic N) is 2. The molecule has 3 heterocycles. The number of amides is 2. The van der Waals surface area contributed by atoms with E-state index < -0.39 is 5.91 Å². The van der Waals surface area contributed by atoms with Crippen molar-refractivity contribution in [2.75, 3.05) is 5.32 Å². The molecule has 32 heavy (non-hydrogen) atoms. The zero-order valence-electron chi connectivity index (χ0n) is 16.5. The molecule has 7 nitrogen and oxygen atoms in total. The average molecular weight is 547 g/mol. The van der Waals surface area contributed by atoms with Crippen LogP contribution in [0.1, 0.15) is 31.8 Å². The monoisotopic (exact) mass is 546 g/mol. The number of carbonyl (C=O) groups is 2. The van der Waals surface area contributed by atoms with Crippen LogP contribution in [0.15, 0.2) is 62.2 Å². The lowest BCUT2D eigenvalue weighted by atomic mass is 10.1. The van der Waals surface area contributed by atoms with Gasteiger partial charge in [0.05, 0.1) is 31.4 Å². The maximum atomic E-state index is 12.5. The van der Waals surface area contributed by atoms with Gasteiger partial charge >= 0.3 is 0 Å². The molecule has 0 bridgehead atoms. The van der Waals surface area contributed by atoms with E-state index in [9.17, 15) is 14.7 Å². The molecule has 1 aromatic carbocycles. The van der Waals surface area contributed by atoms with E-state index in [2.05, 4.69) is 36.8 Å². The first-order valence-electron chi connectivity index (χ1n) is 9.13. The molecule has 0 fully saturated rings. The van der Waals surface area contributed by atoms with E-state index in [1.165, 1.54) is 22.7 Å². The Morgan fingerprint density at radius 3 is 2.47 bits per heavy atom. The van der Waals surface area contributed by atoms with Gasteiger partial charge in [-0.2, -0.15) is 5.10 Å². The molecule has 11 heteroatoms. The van der Waals surface area contributed by atoms with Crippen molar-refractivity contribution >= 4 is 73.3 Å². The summed E-state index contributed by atoms with van der Waals surface area (Å²) in [4.78, 5) is 30.2. The highest BCUT2D eigenvalue weighted by Crippen LogP contribution is 2.39. The zero-order valence-corrected chi connectivity index (χ0v) is 20.5. The van der Waals surface area contributed by atoms with Crippen molar-refractivity contribution in [2.24, 2.45) is 5.10 Å². The first kappa shape index (κ1) is 22.3. The van der Waals surface area contributed by atoms with Crippen LogP contribution in [0.5, 0.6) is 5.75 Å². The van der Waals surface area contributed by atoms with Crippen molar-refractivity contribution in [1.29, 1.82) is 0 Å². The summed E-state index contributed by atoms with van der Waals surface area (Å²) in [6.45, 7) is 1.70. The third-order valence-corrected chi connectivity index (χ3v) is 7.53. The lowest BCUT2D eigenvalue weighted by Crippen LogP contribution is -2.18. The number of nitrogens with one attached hydrogen (secondary N) is 2. The predicted octanol–water partition coefficient (Wildman–Crippen LogP) is 5.81. The van der Waals surface area contributed by atoms with Crippen molar-refractivity contribution in [2.45, 2.75) is 6.92 Å². The van der Waals surface area contributed by atoms with Gasteiger partial charge in [-0.25, -0.2) is 10.4 Å². The minimum atomic E-state index is -0.440. The summed E-state index contributed by atoms with van der Waals surface area (Å²) in [6, 6.07) is 10.8. The molecule has 2 amide bonds. The molecule has 4 rings (SSSR count). The maximum absolute atomic E-state index is 12.5. The van der Waals surface area contributed by atoms with Crippen LogP contribution < -0.4 is 10.7 Å². The highest BCUT2D eigenvalue weighted by atomic mass is 79.9. The number of thiazole rings is 1. The van der Waals surface area contributed by atoms with E-state index in [1.54, 1.807) is 35.3 Å². The van der Waals surface area contributed by atoms with Crippen LogP contribution >= 0.6 is 49.9 Å². The van der Waals surface area contributed by atoms with Gasteiger partial charge < -0.3 is 10.4 Å². The summed E-state index contributed by atoms with van der Waals surface area (Å²) in [5.74, 6) is -0.184. The number of anilines is 1. The molecule has 0 spiro atoms. The molecule has 162 valence electrons. The molecule has 0 saturated heterocycles. The van der Waals surface area contributed by atoms with Crippen LogP contribution in [0.3, 0.4) is 0 Å². The van der Waals surface area contributed by atoms with Crippen molar-refractivity contribution in [3.8, 4) is 16.2 Å². The summed E-state index contributed by atoms with van der Waals surface area (Å²) in [7, 11) is 0. The van der Waals surface area contributed by atoms with Gasteiger partial charge in [0.15, 0.2) is 0 Å². The minimum Gasteiger partial charge on any atom is -0.506 e. The minimum absolute atomic E-state index is 0.116. The topological polar surface area (TPSA) is 104 Å². The van der Waals surface area contributed by atoms with Gasteiger partial charge in [-0.15, -0.1) is 34.0 Å². The second kappa shape index (κ2) is 9.74. The average Bonchev–Trinajstić information content (AvgIpc) is 3.54. The maximum Gasteiger partial charge on any atom is 0.281 e. The number of hydrogen-bond acceptors (Lipinski definition) is 8. The van der Waals surface area contributed by atoms with Crippen molar-refractivity contribution in [3.63, 3.8) is 0 Å². The van der Waals surface area contributed by atoms with Gasteiger partial charge in [-0.1, -0.05) is 28.1 Å². The number of hydrazone groups is 1. The largest absolute Gasteiger partial charge is 0.506 e. The van der Waals surface area contributed by atoms with Gasteiger partial charge in [0.1, 0.15) is 11.6 Å². The summed E-state index contributed by atoms with van der Waals surface area (Å²) in [5, 5.41) is 20.9. The summed E-state index contributed by atoms with van der Waals surface area (Å²) >= 11 is 7.23. The molecule has 0 aliphatic rings. The third kappa shape index (κ3) is 4.96. The standard InChI is InChI=1S/C21H15BrN4O3S3/c1-11(14-8-31-19(18(14)27)12-2-4-13(22)5-3-12)25-26-21(29)16-7-6-15(32-16)20(28)24-17-9-30-10-23-17/h2-10,27H,1H3,(H,24,28)(H,26,29)/b25-11+. The van der Waals surface area contributed by atoms with Crippen LogP contribution in [-0.4, -0.2) is 27.6 Å². The van der Waals surface area contributed by atoms with Crippen LogP contribution in [0, 0.1) is 0 Å². The lowest BCUT2D eigenvalue weighted by Gasteiger charge is -2.03. The number of hydrogen-bond donors (Lipinski definition) is 3. The Morgan fingerprint density at radius 1 is 1.06 bits per heavy atom. The summed E-state index contributed by atoms with van der Waals surface area (Å²) < 4.78 is 0.954. The fourth-order valence-electron chi connectivity index (χ4n) is 2.70. The molecule has 0 radical (unpaired) electrons. The van der Waals surface area contributed by atoms with Crippen molar-refractivity contribution in [3.05, 3.63) is 72.5 Å². The number of aromatic nitrogens is 1. The van der Waals surface area contributed by atoms with E-state index in [4.69, 9.17) is 0 Å². The highest BCUT2D eigenvalue weighted by molar-refractivity contribution is 9.10. The normalized spacial score (nSPS) is 11.4. The molecule has 0 atom stereocenters. The molecule has 0 aliphatic carbocycles. The zero-order chi connectivity index (χ0) is 22.7. The Bertz CT molecular complexity index is 1290. The van der Waals surface area contributed by atoms with Crippen molar-refractivity contribution < 1.29 is 14.7 Å². The van der Waals surface area contributed by atoms with Gasteiger partial charge in [-0.05, 0) is 36.8 Å². The lowest BCUT2D eigenvalue weighted by molar-refractivity contribution is 0.0958. The van der Waals surface area contributed by atoms with Crippen LogP contribution in [0.2, 0.25) is 0 Å². The Kier molecular flexibility index (Phi) is 6.80. The number of carbonyl (C=O) groups excluding carboxylic acids is 2. The first-order valence-corrected chi connectivity index (χ1v) is 12.6. The Balaban J connectivity index is 1.43. The van der Waals surface area contributed by atoms with E-state index in [1.807, 2.05) is 24.3 Å². The molecule has 0 unspecified atom stereocenters. The van der Waals surface area contributed by atoms with Crippen LogP contribution in [0.25, 0.3) is 10.4 Å². The Morgan fingerprint density at radius 2 is 1.78 bits per heavy atom. The van der Waals surface area contributed by atoms with Gasteiger partial charge in [-0.3, -0.25) is 9.59 Å². The number of aromatic hydroxyl groups is 1. The molecule has 0 saturated carbocycles. The van der Waals surface area contributed by atoms with Crippen molar-refractivity contribution in [1.82, 2.24) is 10.4 Å². The quantitative estimate of drug-likeness (QED) is 0.209. The SMILES string of the molecule is C/C(=N\NC(=O)c1ccc(C(=O)Nc2cscn2)s1)c1csc(-c2ccc(Br)cc2)c1O. The Labute approximate surface area is 203 Å². The number of benzene rings is 1. The summed E-state index contributed by atoms with van der Waals surface area (Å²) in [6.07, 6.45) is 0. The molecule has 4 aromatic rings. The van der Waals surface area contributed by atoms with E-state index in [-0.39, 0.29) is 11.7 Å². The highest BCUT2D eigenvalue weighted by Gasteiger charge is 2.17. The summed E-state index contributed by atoms with van der Waals surface area (Å²) in [5.41, 5.74) is 6.00.